The fraction of sp³-hybridized carbons (Fsp3) is 0.250. The molecule has 0 unspecified atom stereocenters. The number of amides is 1. The van der Waals surface area contributed by atoms with Crippen molar-refractivity contribution in [3.05, 3.63) is 36.2 Å². The lowest BCUT2D eigenvalue weighted by molar-refractivity contribution is 0.149. The lowest BCUT2D eigenvalue weighted by Crippen LogP contribution is -2.12. The van der Waals surface area contributed by atoms with Crippen LogP contribution in [0.25, 0.3) is 5.69 Å². The Morgan fingerprint density at radius 2 is 2.05 bits per heavy atom. The summed E-state index contributed by atoms with van der Waals surface area (Å²) in [5.41, 5.74) is 7.40. The molecule has 0 aliphatic rings. The zero-order chi connectivity index (χ0) is 13.8. The summed E-state index contributed by atoms with van der Waals surface area (Å²) >= 11 is 0. The third-order valence-corrected chi connectivity index (χ3v) is 2.53. The van der Waals surface area contributed by atoms with Gasteiger partial charge in [0.15, 0.2) is 0 Å². The summed E-state index contributed by atoms with van der Waals surface area (Å²) < 4.78 is 6.25. The van der Waals surface area contributed by atoms with Crippen molar-refractivity contribution in [2.75, 3.05) is 19.0 Å². The van der Waals surface area contributed by atoms with Gasteiger partial charge in [0.05, 0.1) is 11.9 Å². The van der Waals surface area contributed by atoms with Gasteiger partial charge in [0.25, 0.3) is 0 Å². The van der Waals surface area contributed by atoms with Gasteiger partial charge in [-0.2, -0.15) is 0 Å². The molecule has 19 heavy (non-hydrogen) atoms. The minimum Gasteiger partial charge on any atom is -0.443 e. The fourth-order valence-electron chi connectivity index (χ4n) is 1.54. The molecule has 7 heteroatoms. The van der Waals surface area contributed by atoms with E-state index in [9.17, 15) is 4.79 Å². The maximum Gasteiger partial charge on any atom is 0.404 e. The van der Waals surface area contributed by atoms with Crippen molar-refractivity contribution in [1.29, 1.82) is 0 Å². The van der Waals surface area contributed by atoms with E-state index in [0.29, 0.717) is 5.69 Å². The van der Waals surface area contributed by atoms with Crippen LogP contribution in [0.3, 0.4) is 0 Å². The second-order valence-electron chi connectivity index (χ2n) is 4.17. The minimum absolute atomic E-state index is 0.0190. The van der Waals surface area contributed by atoms with Gasteiger partial charge in [-0.05, 0) is 24.3 Å². The standard InChI is InChI=1S/C12H15N5O2/c1-16(2)10-3-5-11(6-4-10)17-7-9(14-15-17)8-19-12(13)18/h3-7H,8H2,1-2H3,(H2,13,18). The highest BCUT2D eigenvalue weighted by atomic mass is 16.5. The summed E-state index contributed by atoms with van der Waals surface area (Å²) in [6.45, 7) is 0.0190. The molecule has 1 aromatic heterocycles. The third kappa shape index (κ3) is 3.21. The number of ether oxygens (including phenoxy) is 1. The van der Waals surface area contributed by atoms with Crippen LogP contribution in [-0.4, -0.2) is 35.2 Å². The number of carbonyl (C=O) groups is 1. The number of benzene rings is 1. The normalized spacial score (nSPS) is 10.2. The highest BCUT2D eigenvalue weighted by Gasteiger charge is 2.05. The average Bonchev–Trinajstić information content (AvgIpc) is 2.85. The van der Waals surface area contributed by atoms with E-state index < -0.39 is 6.09 Å². The number of carbonyl (C=O) groups excluding carboxylic acids is 1. The summed E-state index contributed by atoms with van der Waals surface area (Å²) in [7, 11) is 3.95. The molecule has 1 aromatic carbocycles. The monoisotopic (exact) mass is 261 g/mol. The SMILES string of the molecule is CN(C)c1ccc(-n2cc(COC(N)=O)nn2)cc1. The first-order valence-electron chi connectivity index (χ1n) is 5.67. The molecule has 0 aliphatic heterocycles. The highest BCUT2D eigenvalue weighted by Crippen LogP contribution is 2.14. The third-order valence-electron chi connectivity index (χ3n) is 2.53. The Bertz CT molecular complexity index is 562. The quantitative estimate of drug-likeness (QED) is 0.884. The summed E-state index contributed by atoms with van der Waals surface area (Å²) in [4.78, 5) is 12.5. The van der Waals surface area contributed by atoms with E-state index >= 15 is 0 Å². The number of rotatable bonds is 4. The first kappa shape index (κ1) is 12.9. The Morgan fingerprint density at radius 3 is 2.63 bits per heavy atom. The van der Waals surface area contributed by atoms with Crippen LogP contribution in [0.5, 0.6) is 0 Å². The molecule has 0 spiro atoms. The molecular formula is C12H15N5O2. The van der Waals surface area contributed by atoms with Crippen molar-refractivity contribution in [1.82, 2.24) is 15.0 Å². The van der Waals surface area contributed by atoms with E-state index in [1.807, 2.05) is 43.3 Å². The van der Waals surface area contributed by atoms with Gasteiger partial charge in [-0.3, -0.25) is 0 Å². The van der Waals surface area contributed by atoms with Crippen molar-refractivity contribution < 1.29 is 9.53 Å². The molecule has 0 atom stereocenters. The van der Waals surface area contributed by atoms with Gasteiger partial charge in [-0.15, -0.1) is 5.10 Å². The first-order valence-corrected chi connectivity index (χ1v) is 5.67. The van der Waals surface area contributed by atoms with Crippen LogP contribution < -0.4 is 10.6 Å². The average molecular weight is 261 g/mol. The summed E-state index contributed by atoms with van der Waals surface area (Å²) in [5, 5.41) is 7.85. The smallest absolute Gasteiger partial charge is 0.404 e. The van der Waals surface area contributed by atoms with Gasteiger partial charge in [-0.1, -0.05) is 5.21 Å². The first-order chi connectivity index (χ1) is 9.06. The van der Waals surface area contributed by atoms with Crippen molar-refractivity contribution in [2.45, 2.75) is 6.61 Å². The zero-order valence-corrected chi connectivity index (χ0v) is 10.8. The van der Waals surface area contributed by atoms with Crippen LogP contribution in [0.2, 0.25) is 0 Å². The van der Waals surface area contributed by atoms with Crippen molar-refractivity contribution in [2.24, 2.45) is 5.73 Å². The molecular weight excluding hydrogens is 246 g/mol. The van der Waals surface area contributed by atoms with Gasteiger partial charge in [0.2, 0.25) is 0 Å². The van der Waals surface area contributed by atoms with E-state index in [2.05, 4.69) is 15.0 Å². The maximum atomic E-state index is 10.5. The lowest BCUT2D eigenvalue weighted by Gasteiger charge is -2.12. The predicted octanol–water partition coefficient (Wildman–Crippen LogP) is 0.929. The molecule has 1 heterocycles. The summed E-state index contributed by atoms with van der Waals surface area (Å²) in [5.74, 6) is 0. The van der Waals surface area contributed by atoms with E-state index in [1.165, 1.54) is 0 Å². The van der Waals surface area contributed by atoms with Gasteiger partial charge >= 0.3 is 6.09 Å². The molecule has 2 rings (SSSR count). The number of hydrogen-bond acceptors (Lipinski definition) is 5. The molecule has 2 aromatic rings. The number of hydrogen-bond donors (Lipinski definition) is 1. The number of aromatic nitrogens is 3. The molecule has 0 fully saturated rings. The molecule has 0 saturated carbocycles. The van der Waals surface area contributed by atoms with Crippen molar-refractivity contribution in [3.63, 3.8) is 0 Å². The van der Waals surface area contributed by atoms with Crippen molar-refractivity contribution >= 4 is 11.8 Å². The molecule has 2 N–H and O–H groups in total. The maximum absolute atomic E-state index is 10.5. The molecule has 0 saturated heterocycles. The number of primary amides is 1. The molecule has 1 amide bonds. The zero-order valence-electron chi connectivity index (χ0n) is 10.8. The predicted molar refractivity (Wildman–Crippen MR) is 70.1 cm³/mol. The highest BCUT2D eigenvalue weighted by molar-refractivity contribution is 5.64. The van der Waals surface area contributed by atoms with Crippen LogP contribution in [0.4, 0.5) is 10.5 Å². The number of nitrogens with two attached hydrogens (primary N) is 1. The molecule has 0 bridgehead atoms. The Balaban J connectivity index is 2.11. The van der Waals surface area contributed by atoms with E-state index in [0.717, 1.165) is 11.4 Å². The van der Waals surface area contributed by atoms with Crippen LogP contribution >= 0.6 is 0 Å². The Kier molecular flexibility index (Phi) is 3.65. The second kappa shape index (κ2) is 5.38. The summed E-state index contributed by atoms with van der Waals surface area (Å²) in [6.07, 6.45) is 0.859. The largest absolute Gasteiger partial charge is 0.443 e. The van der Waals surface area contributed by atoms with Crippen LogP contribution in [-0.2, 0) is 11.3 Å². The topological polar surface area (TPSA) is 86.3 Å². The Morgan fingerprint density at radius 1 is 1.37 bits per heavy atom. The minimum atomic E-state index is -0.829. The fourth-order valence-corrected chi connectivity index (χ4v) is 1.54. The van der Waals surface area contributed by atoms with Crippen LogP contribution in [0, 0.1) is 0 Å². The Hall–Kier alpha value is -2.57. The van der Waals surface area contributed by atoms with Crippen LogP contribution in [0.15, 0.2) is 30.5 Å². The van der Waals surface area contributed by atoms with E-state index in [4.69, 9.17) is 5.73 Å². The van der Waals surface area contributed by atoms with E-state index in [1.54, 1.807) is 10.9 Å². The molecule has 100 valence electrons. The number of anilines is 1. The van der Waals surface area contributed by atoms with Gasteiger partial charge in [0, 0.05) is 19.8 Å². The van der Waals surface area contributed by atoms with Gasteiger partial charge in [-0.25, -0.2) is 9.48 Å². The number of nitrogens with zero attached hydrogens (tertiary/aromatic N) is 4. The van der Waals surface area contributed by atoms with E-state index in [-0.39, 0.29) is 6.61 Å². The van der Waals surface area contributed by atoms with Crippen molar-refractivity contribution in [3.8, 4) is 5.69 Å². The van der Waals surface area contributed by atoms with Crippen LogP contribution in [0.1, 0.15) is 5.69 Å². The lowest BCUT2D eigenvalue weighted by atomic mass is 10.2. The van der Waals surface area contributed by atoms with Gasteiger partial charge < -0.3 is 15.4 Å². The summed E-state index contributed by atoms with van der Waals surface area (Å²) in [6, 6.07) is 7.83. The van der Waals surface area contributed by atoms with Gasteiger partial charge in [0.1, 0.15) is 12.3 Å². The molecule has 7 nitrogen and oxygen atoms in total. The molecule has 0 radical (unpaired) electrons. The second-order valence-corrected chi connectivity index (χ2v) is 4.17. The molecule has 0 aliphatic carbocycles. The Labute approximate surface area is 110 Å².